The van der Waals surface area contributed by atoms with Crippen LogP contribution in [-0.4, -0.2) is 30.9 Å². The molecule has 6 nitrogen and oxygen atoms in total. The topological polar surface area (TPSA) is 72.8 Å². The summed E-state index contributed by atoms with van der Waals surface area (Å²) in [6.07, 6.45) is 3.31. The first-order chi connectivity index (χ1) is 11.2. The van der Waals surface area contributed by atoms with Crippen molar-refractivity contribution in [1.29, 1.82) is 0 Å². The van der Waals surface area contributed by atoms with Crippen LogP contribution in [0.5, 0.6) is 11.5 Å². The number of carbonyl (C=O) groups excluding carboxylic acids is 1. The van der Waals surface area contributed by atoms with Gasteiger partial charge in [0.05, 0.1) is 19.9 Å². The van der Waals surface area contributed by atoms with Crippen molar-refractivity contribution in [3.05, 3.63) is 59.5 Å². The summed E-state index contributed by atoms with van der Waals surface area (Å²) >= 11 is 0. The number of hydrogen-bond acceptors (Lipinski definition) is 5. The largest absolute Gasteiger partial charge is 0.493 e. The van der Waals surface area contributed by atoms with Crippen molar-refractivity contribution in [1.82, 2.24) is 10.3 Å². The van der Waals surface area contributed by atoms with E-state index in [1.807, 2.05) is 24.3 Å². The molecule has 3 rings (SSSR count). The van der Waals surface area contributed by atoms with Gasteiger partial charge in [-0.2, -0.15) is 0 Å². The third-order valence-electron chi connectivity index (χ3n) is 3.33. The fourth-order valence-corrected chi connectivity index (χ4v) is 2.19. The normalized spacial score (nSPS) is 15.3. The van der Waals surface area contributed by atoms with Gasteiger partial charge >= 0.3 is 0 Å². The Morgan fingerprint density at radius 1 is 1.09 bits per heavy atom. The van der Waals surface area contributed by atoms with Crippen LogP contribution in [0.3, 0.4) is 0 Å². The molecule has 2 heterocycles. The molecule has 1 aliphatic heterocycles. The van der Waals surface area contributed by atoms with Gasteiger partial charge in [-0.25, -0.2) is 4.99 Å². The van der Waals surface area contributed by atoms with Gasteiger partial charge in [0.1, 0.15) is 11.5 Å². The maximum Gasteiger partial charge on any atom is 0.275 e. The Kier molecular flexibility index (Phi) is 4.05. The predicted octanol–water partition coefficient (Wildman–Crippen LogP) is 2.02. The molecule has 0 saturated carbocycles. The van der Waals surface area contributed by atoms with Crippen LogP contribution in [0.1, 0.15) is 11.3 Å². The molecule has 1 amide bonds. The lowest BCUT2D eigenvalue weighted by molar-refractivity contribution is -0.115. The van der Waals surface area contributed by atoms with E-state index in [0.717, 1.165) is 5.56 Å². The molecule has 0 spiro atoms. The van der Waals surface area contributed by atoms with Crippen LogP contribution >= 0.6 is 0 Å². The summed E-state index contributed by atoms with van der Waals surface area (Å²) in [5.74, 6) is 1.40. The molecule has 0 fully saturated rings. The minimum atomic E-state index is -0.263. The lowest BCUT2D eigenvalue weighted by Crippen LogP contribution is -2.24. The number of hydrogen-bond donors (Lipinski definition) is 1. The van der Waals surface area contributed by atoms with Crippen LogP contribution in [0, 0.1) is 0 Å². The average molecular weight is 309 g/mol. The third-order valence-corrected chi connectivity index (χ3v) is 3.33. The van der Waals surface area contributed by atoms with E-state index in [1.165, 1.54) is 0 Å². The van der Waals surface area contributed by atoms with Crippen molar-refractivity contribution in [3.8, 4) is 11.5 Å². The molecule has 0 bridgehead atoms. The molecule has 23 heavy (non-hydrogen) atoms. The number of aliphatic imine (C=N–C) groups is 1. The second-order valence-corrected chi connectivity index (χ2v) is 4.77. The first-order valence-corrected chi connectivity index (χ1v) is 6.96. The number of benzene rings is 1. The van der Waals surface area contributed by atoms with Crippen molar-refractivity contribution < 1.29 is 14.3 Å². The summed E-state index contributed by atoms with van der Waals surface area (Å²) in [7, 11) is 3.13. The lowest BCUT2D eigenvalue weighted by atomic mass is 10.2. The number of rotatable bonds is 4. The molecule has 1 aromatic heterocycles. The van der Waals surface area contributed by atoms with E-state index in [0.29, 0.717) is 28.7 Å². The second kappa shape index (κ2) is 6.31. The molecule has 0 saturated heterocycles. The van der Waals surface area contributed by atoms with Gasteiger partial charge in [0.25, 0.3) is 5.91 Å². The van der Waals surface area contributed by atoms with Crippen molar-refractivity contribution in [3.63, 3.8) is 0 Å². The minimum absolute atomic E-state index is 0.263. The third kappa shape index (κ3) is 3.06. The van der Waals surface area contributed by atoms with Gasteiger partial charge in [-0.1, -0.05) is 6.07 Å². The van der Waals surface area contributed by atoms with Crippen LogP contribution in [-0.2, 0) is 4.79 Å². The Labute approximate surface area is 133 Å². The SMILES string of the molecule is COc1ccc(C2=N/C(=C/c3ccccn3)C(=O)N2)cc1OC. The Morgan fingerprint density at radius 2 is 1.91 bits per heavy atom. The van der Waals surface area contributed by atoms with Crippen LogP contribution < -0.4 is 14.8 Å². The zero-order valence-corrected chi connectivity index (χ0v) is 12.7. The van der Waals surface area contributed by atoms with Crippen molar-refractivity contribution >= 4 is 17.8 Å². The molecule has 0 radical (unpaired) electrons. The highest BCUT2D eigenvalue weighted by atomic mass is 16.5. The number of aromatic nitrogens is 1. The van der Waals surface area contributed by atoms with E-state index in [9.17, 15) is 4.79 Å². The highest BCUT2D eigenvalue weighted by Crippen LogP contribution is 2.28. The monoisotopic (exact) mass is 309 g/mol. The first kappa shape index (κ1) is 14.8. The molecule has 0 unspecified atom stereocenters. The van der Waals surface area contributed by atoms with E-state index < -0.39 is 0 Å². The smallest absolute Gasteiger partial charge is 0.275 e. The molecular weight excluding hydrogens is 294 g/mol. The maximum atomic E-state index is 12.1. The summed E-state index contributed by atoms with van der Waals surface area (Å²) in [4.78, 5) is 20.6. The molecule has 1 aromatic carbocycles. The van der Waals surface area contributed by atoms with E-state index >= 15 is 0 Å². The Morgan fingerprint density at radius 3 is 2.61 bits per heavy atom. The summed E-state index contributed by atoms with van der Waals surface area (Å²) in [6, 6.07) is 10.8. The van der Waals surface area contributed by atoms with Crippen LogP contribution in [0.25, 0.3) is 6.08 Å². The summed E-state index contributed by atoms with van der Waals surface area (Å²) < 4.78 is 10.5. The van der Waals surface area contributed by atoms with Crippen molar-refractivity contribution in [2.24, 2.45) is 4.99 Å². The zero-order valence-electron chi connectivity index (χ0n) is 12.7. The molecule has 0 aliphatic carbocycles. The standard InChI is InChI=1S/C17H15N3O3/c1-22-14-7-6-11(9-15(14)23-2)16-19-13(17(21)20-16)10-12-5-3-4-8-18-12/h3-10H,1-2H3,(H,19,20,21)/b13-10+. The summed E-state index contributed by atoms with van der Waals surface area (Å²) in [5, 5.41) is 2.75. The number of amides is 1. The number of nitrogens with zero attached hydrogens (tertiary/aromatic N) is 2. The number of methoxy groups -OCH3 is 2. The zero-order chi connectivity index (χ0) is 16.2. The second-order valence-electron chi connectivity index (χ2n) is 4.77. The molecule has 2 aromatic rings. The number of nitrogens with one attached hydrogen (secondary N) is 1. The molecule has 1 aliphatic rings. The lowest BCUT2D eigenvalue weighted by Gasteiger charge is -2.09. The predicted molar refractivity (Wildman–Crippen MR) is 86.4 cm³/mol. The highest BCUT2D eigenvalue weighted by molar-refractivity contribution is 6.19. The summed E-state index contributed by atoms with van der Waals surface area (Å²) in [6.45, 7) is 0. The first-order valence-electron chi connectivity index (χ1n) is 6.96. The van der Waals surface area contributed by atoms with Gasteiger partial charge in [-0.15, -0.1) is 0 Å². The molecule has 1 N–H and O–H groups in total. The van der Waals surface area contributed by atoms with Crippen LogP contribution in [0.2, 0.25) is 0 Å². The fourth-order valence-electron chi connectivity index (χ4n) is 2.19. The number of carbonyl (C=O) groups is 1. The Balaban J connectivity index is 1.94. The van der Waals surface area contributed by atoms with Crippen molar-refractivity contribution in [2.45, 2.75) is 0 Å². The van der Waals surface area contributed by atoms with E-state index in [-0.39, 0.29) is 5.91 Å². The fraction of sp³-hybridized carbons (Fsp3) is 0.118. The van der Waals surface area contributed by atoms with Gasteiger partial charge in [0.2, 0.25) is 0 Å². The Hall–Kier alpha value is -3.15. The van der Waals surface area contributed by atoms with E-state index in [2.05, 4.69) is 15.3 Å². The van der Waals surface area contributed by atoms with Gasteiger partial charge in [0, 0.05) is 11.8 Å². The van der Waals surface area contributed by atoms with Crippen LogP contribution in [0.15, 0.2) is 53.3 Å². The minimum Gasteiger partial charge on any atom is -0.493 e. The van der Waals surface area contributed by atoms with E-state index in [4.69, 9.17) is 9.47 Å². The maximum absolute atomic E-state index is 12.1. The van der Waals surface area contributed by atoms with E-state index in [1.54, 1.807) is 38.6 Å². The van der Waals surface area contributed by atoms with Gasteiger partial charge in [-0.3, -0.25) is 9.78 Å². The molecule has 6 heteroatoms. The van der Waals surface area contributed by atoms with Crippen molar-refractivity contribution in [2.75, 3.05) is 14.2 Å². The quantitative estimate of drug-likeness (QED) is 0.877. The summed E-state index contributed by atoms with van der Waals surface area (Å²) in [5.41, 5.74) is 1.73. The van der Waals surface area contributed by atoms with Gasteiger partial charge < -0.3 is 14.8 Å². The highest BCUT2D eigenvalue weighted by Gasteiger charge is 2.22. The van der Waals surface area contributed by atoms with Gasteiger partial charge in [0.15, 0.2) is 11.5 Å². The number of ether oxygens (including phenoxy) is 2. The molecule has 0 atom stereocenters. The molecular formula is C17H15N3O3. The number of pyridine rings is 1. The Bertz CT molecular complexity index is 798. The van der Waals surface area contributed by atoms with Crippen LogP contribution in [0.4, 0.5) is 0 Å². The van der Waals surface area contributed by atoms with Gasteiger partial charge in [-0.05, 0) is 36.4 Å². The number of amidine groups is 1. The molecule has 116 valence electrons. The average Bonchev–Trinajstić information content (AvgIpc) is 2.96.